The van der Waals surface area contributed by atoms with Gasteiger partial charge in [-0.1, -0.05) is 43.3 Å². The van der Waals surface area contributed by atoms with E-state index in [2.05, 4.69) is 29.5 Å². The summed E-state index contributed by atoms with van der Waals surface area (Å²) in [5, 5.41) is 7.59. The smallest absolute Gasteiger partial charge is 0.267 e. The third-order valence-corrected chi connectivity index (χ3v) is 6.97. The Morgan fingerprint density at radius 3 is 2.41 bits per heavy atom. The van der Waals surface area contributed by atoms with Crippen LogP contribution in [0.15, 0.2) is 79.0 Å². The number of aromatic nitrogens is 3. The van der Waals surface area contributed by atoms with Crippen LogP contribution in [0.1, 0.15) is 57.1 Å². The molecule has 7 nitrogen and oxygen atoms in total. The molecule has 0 saturated heterocycles. The Morgan fingerprint density at radius 2 is 1.76 bits per heavy atom. The lowest BCUT2D eigenvalue weighted by Gasteiger charge is -2.33. The summed E-state index contributed by atoms with van der Waals surface area (Å²) in [5.41, 5.74) is 5.16. The average molecular weight is 498 g/mol. The zero-order chi connectivity index (χ0) is 26.5. The maximum absolute atomic E-state index is 13.7. The molecule has 2 amide bonds. The number of benzene rings is 2. The number of aryl methyl sites for hydroxylation is 3. The minimum absolute atomic E-state index is 0.0649. The lowest BCUT2D eigenvalue weighted by molar-refractivity contribution is 0.0701. The van der Waals surface area contributed by atoms with Gasteiger partial charge in [0.05, 0.1) is 11.4 Å². The normalized spacial score (nSPS) is 12.7. The summed E-state index contributed by atoms with van der Waals surface area (Å²) >= 11 is 0. The molecular formula is C30H35N5O2. The number of amides is 2. The molecule has 2 atom stereocenters. The van der Waals surface area contributed by atoms with Crippen LogP contribution in [0.4, 0.5) is 0 Å². The Kier molecular flexibility index (Phi) is 7.92. The zero-order valence-electron chi connectivity index (χ0n) is 22.2. The molecule has 2 unspecified atom stereocenters. The molecule has 4 aromatic rings. The molecule has 0 aliphatic heterocycles. The van der Waals surface area contributed by atoms with Crippen LogP contribution in [-0.2, 0) is 7.05 Å². The molecule has 0 radical (unpaired) electrons. The topological polar surface area (TPSA) is 72.2 Å². The van der Waals surface area contributed by atoms with Gasteiger partial charge in [0, 0.05) is 50.1 Å². The average Bonchev–Trinajstić information content (AvgIpc) is 3.49. The second-order valence-electron chi connectivity index (χ2n) is 9.62. The number of carbonyl (C=O) groups excluding carboxylic acids is 2. The van der Waals surface area contributed by atoms with Crippen molar-refractivity contribution in [3.63, 3.8) is 0 Å². The van der Waals surface area contributed by atoms with Crippen LogP contribution in [0.3, 0.4) is 0 Å². The molecule has 1 N–H and O–H groups in total. The lowest BCUT2D eigenvalue weighted by atomic mass is 9.90. The molecule has 0 spiro atoms. The molecule has 2 heterocycles. The number of nitrogens with zero attached hydrogens (tertiary/aromatic N) is 4. The Labute approximate surface area is 218 Å². The second kappa shape index (κ2) is 11.3. The molecule has 192 valence electrons. The van der Waals surface area contributed by atoms with Gasteiger partial charge in [0.25, 0.3) is 11.8 Å². The van der Waals surface area contributed by atoms with Crippen molar-refractivity contribution < 1.29 is 9.59 Å². The molecule has 2 aromatic carbocycles. The quantitative estimate of drug-likeness (QED) is 0.358. The molecule has 0 saturated carbocycles. The first kappa shape index (κ1) is 25.9. The predicted molar refractivity (Wildman–Crippen MR) is 146 cm³/mol. The first-order chi connectivity index (χ1) is 17.8. The van der Waals surface area contributed by atoms with Gasteiger partial charge in [0.15, 0.2) is 0 Å². The van der Waals surface area contributed by atoms with Gasteiger partial charge < -0.3 is 14.8 Å². The largest absolute Gasteiger partial charge is 0.351 e. The van der Waals surface area contributed by atoms with Gasteiger partial charge in [-0.25, -0.2) is 4.68 Å². The number of nitrogens with one attached hydrogen (secondary N) is 1. The van der Waals surface area contributed by atoms with Gasteiger partial charge in [-0.15, -0.1) is 0 Å². The molecule has 4 rings (SSSR count). The maximum atomic E-state index is 13.7. The van der Waals surface area contributed by atoms with Crippen molar-refractivity contribution in [2.24, 2.45) is 7.05 Å². The zero-order valence-corrected chi connectivity index (χ0v) is 22.2. The van der Waals surface area contributed by atoms with Gasteiger partial charge in [0.1, 0.15) is 5.69 Å². The molecule has 0 aliphatic carbocycles. The Bertz CT molecular complexity index is 1370. The minimum atomic E-state index is -0.124. The first-order valence-electron chi connectivity index (χ1n) is 12.6. The summed E-state index contributed by atoms with van der Waals surface area (Å²) in [6, 6.07) is 23.3. The van der Waals surface area contributed by atoms with E-state index in [1.165, 1.54) is 0 Å². The van der Waals surface area contributed by atoms with Crippen LogP contribution in [0.2, 0.25) is 0 Å². The van der Waals surface area contributed by atoms with Crippen LogP contribution in [0.5, 0.6) is 0 Å². The maximum Gasteiger partial charge on any atom is 0.267 e. The van der Waals surface area contributed by atoms with E-state index in [0.29, 0.717) is 24.2 Å². The highest BCUT2D eigenvalue weighted by Gasteiger charge is 2.27. The van der Waals surface area contributed by atoms with Crippen LogP contribution in [-0.4, -0.2) is 50.7 Å². The van der Waals surface area contributed by atoms with E-state index in [4.69, 9.17) is 0 Å². The Hall–Kier alpha value is -4.13. The molecule has 0 fully saturated rings. The van der Waals surface area contributed by atoms with Gasteiger partial charge in [0.2, 0.25) is 0 Å². The van der Waals surface area contributed by atoms with Crippen molar-refractivity contribution in [1.29, 1.82) is 0 Å². The summed E-state index contributed by atoms with van der Waals surface area (Å²) in [7, 11) is 3.70. The van der Waals surface area contributed by atoms with Crippen molar-refractivity contribution in [2.45, 2.75) is 39.2 Å². The van der Waals surface area contributed by atoms with Crippen LogP contribution >= 0.6 is 0 Å². The molecule has 0 bridgehead atoms. The first-order valence-corrected chi connectivity index (χ1v) is 12.6. The van der Waals surface area contributed by atoms with E-state index in [9.17, 15) is 9.59 Å². The van der Waals surface area contributed by atoms with Crippen molar-refractivity contribution in [1.82, 2.24) is 24.6 Å². The fourth-order valence-electron chi connectivity index (χ4n) is 4.89. The molecule has 7 heteroatoms. The Morgan fingerprint density at radius 1 is 1.00 bits per heavy atom. The molecule has 0 aliphatic rings. The molecule has 2 aromatic heterocycles. The van der Waals surface area contributed by atoms with Gasteiger partial charge in [-0.05, 0) is 62.2 Å². The van der Waals surface area contributed by atoms with E-state index >= 15 is 0 Å². The SMILES string of the molecule is Cc1cc(C)n(-c2cccc(C(=O)N(C)C(CCNC(=O)c3cccn3C)C(C)c3ccccc3)c2)n1. The standard InChI is InChI=1S/C30H35N5O2/c1-21-19-22(2)35(32-21)26-14-9-13-25(20-26)30(37)34(5)27(23(3)24-11-7-6-8-12-24)16-17-31-29(36)28-15-10-18-33(28)4/h6-15,18-20,23,27H,16-17H2,1-5H3,(H,31,36). The van der Waals surface area contributed by atoms with E-state index in [1.54, 1.807) is 10.6 Å². The fourth-order valence-corrected chi connectivity index (χ4v) is 4.89. The third kappa shape index (κ3) is 5.82. The summed E-state index contributed by atoms with van der Waals surface area (Å²) in [4.78, 5) is 28.2. The number of carbonyl (C=O) groups is 2. The lowest BCUT2D eigenvalue weighted by Crippen LogP contribution is -2.42. The Balaban J connectivity index is 1.55. The van der Waals surface area contributed by atoms with Gasteiger partial charge in [-0.3, -0.25) is 9.59 Å². The predicted octanol–water partition coefficient (Wildman–Crippen LogP) is 4.89. The highest BCUT2D eigenvalue weighted by molar-refractivity contribution is 5.95. The van der Waals surface area contributed by atoms with Crippen LogP contribution in [0.25, 0.3) is 5.69 Å². The number of hydrogen-bond donors (Lipinski definition) is 1. The van der Waals surface area contributed by atoms with Crippen molar-refractivity contribution in [2.75, 3.05) is 13.6 Å². The van der Waals surface area contributed by atoms with Crippen molar-refractivity contribution in [3.8, 4) is 5.69 Å². The van der Waals surface area contributed by atoms with E-state index in [0.717, 1.165) is 22.6 Å². The second-order valence-corrected chi connectivity index (χ2v) is 9.62. The van der Waals surface area contributed by atoms with E-state index < -0.39 is 0 Å². The minimum Gasteiger partial charge on any atom is -0.351 e. The van der Waals surface area contributed by atoms with E-state index in [1.807, 2.05) is 98.3 Å². The van der Waals surface area contributed by atoms with Gasteiger partial charge in [-0.2, -0.15) is 5.10 Å². The monoisotopic (exact) mass is 497 g/mol. The highest BCUT2D eigenvalue weighted by atomic mass is 16.2. The van der Waals surface area contributed by atoms with Crippen LogP contribution < -0.4 is 5.32 Å². The summed E-state index contributed by atoms with van der Waals surface area (Å²) < 4.78 is 3.65. The number of rotatable bonds is 9. The summed E-state index contributed by atoms with van der Waals surface area (Å²) in [6.07, 6.45) is 2.47. The van der Waals surface area contributed by atoms with Crippen molar-refractivity contribution >= 4 is 11.8 Å². The molecule has 37 heavy (non-hydrogen) atoms. The third-order valence-electron chi connectivity index (χ3n) is 6.97. The number of hydrogen-bond acceptors (Lipinski definition) is 3. The van der Waals surface area contributed by atoms with E-state index in [-0.39, 0.29) is 23.8 Å². The van der Waals surface area contributed by atoms with Crippen LogP contribution in [0, 0.1) is 13.8 Å². The summed E-state index contributed by atoms with van der Waals surface area (Å²) in [5.74, 6) is -0.114. The summed E-state index contributed by atoms with van der Waals surface area (Å²) in [6.45, 7) is 6.55. The highest BCUT2D eigenvalue weighted by Crippen LogP contribution is 2.26. The van der Waals surface area contributed by atoms with Crippen molar-refractivity contribution in [3.05, 3.63) is 107 Å². The fraction of sp³-hybridized carbons (Fsp3) is 0.300. The number of likely N-dealkylation sites (N-methyl/N-ethyl adjacent to an activating group) is 1. The molecular weight excluding hydrogens is 462 g/mol. The van der Waals surface area contributed by atoms with Gasteiger partial charge >= 0.3 is 0 Å².